The number of ether oxygens (including phenoxy) is 3. The lowest BCUT2D eigenvalue weighted by Gasteiger charge is -2.10. The Hall–Kier alpha value is -3.07. The standard InChI is InChI=1S/C19H18BrN3O5/c1-25-14-7-15(26-2)9-16(8-14)27-11-17(24)21-10-18-22-19(23-28-18)12-4-3-5-13(20)6-12/h3-9H,10-11H2,1-2H3,(H,21,24). The maximum absolute atomic E-state index is 12.0. The zero-order valence-corrected chi connectivity index (χ0v) is 16.9. The van der Waals surface area contributed by atoms with Gasteiger partial charge in [0.15, 0.2) is 6.61 Å². The van der Waals surface area contributed by atoms with Gasteiger partial charge < -0.3 is 24.1 Å². The van der Waals surface area contributed by atoms with Crippen molar-refractivity contribution in [3.63, 3.8) is 0 Å². The van der Waals surface area contributed by atoms with Crippen LogP contribution in [0.2, 0.25) is 0 Å². The Morgan fingerprint density at radius 1 is 1.11 bits per heavy atom. The number of nitrogens with one attached hydrogen (secondary N) is 1. The predicted molar refractivity (Wildman–Crippen MR) is 104 cm³/mol. The molecule has 3 rings (SSSR count). The van der Waals surface area contributed by atoms with E-state index in [1.807, 2.05) is 24.3 Å². The van der Waals surface area contributed by atoms with Crippen molar-refractivity contribution in [1.82, 2.24) is 15.5 Å². The molecule has 1 heterocycles. The van der Waals surface area contributed by atoms with E-state index in [0.717, 1.165) is 10.0 Å². The van der Waals surface area contributed by atoms with E-state index in [-0.39, 0.29) is 19.1 Å². The van der Waals surface area contributed by atoms with Crippen LogP contribution in [0, 0.1) is 0 Å². The molecule has 1 aromatic heterocycles. The first-order valence-corrected chi connectivity index (χ1v) is 9.08. The number of benzene rings is 2. The molecule has 9 heteroatoms. The average Bonchev–Trinajstić information content (AvgIpc) is 3.19. The van der Waals surface area contributed by atoms with Gasteiger partial charge in [-0.25, -0.2) is 0 Å². The zero-order chi connectivity index (χ0) is 19.9. The van der Waals surface area contributed by atoms with E-state index in [1.54, 1.807) is 18.2 Å². The van der Waals surface area contributed by atoms with Crippen LogP contribution in [0.1, 0.15) is 5.89 Å². The van der Waals surface area contributed by atoms with E-state index in [0.29, 0.717) is 29.0 Å². The number of carbonyl (C=O) groups is 1. The highest BCUT2D eigenvalue weighted by Crippen LogP contribution is 2.27. The minimum atomic E-state index is -0.330. The summed E-state index contributed by atoms with van der Waals surface area (Å²) in [6, 6.07) is 12.6. The molecule has 0 bridgehead atoms. The van der Waals surface area contributed by atoms with Crippen LogP contribution in [0.5, 0.6) is 17.2 Å². The molecule has 28 heavy (non-hydrogen) atoms. The third-order valence-electron chi connectivity index (χ3n) is 3.68. The summed E-state index contributed by atoms with van der Waals surface area (Å²) in [5, 5.41) is 6.59. The van der Waals surface area contributed by atoms with Crippen LogP contribution in [0.15, 0.2) is 51.5 Å². The molecule has 0 unspecified atom stereocenters. The second-order valence-electron chi connectivity index (χ2n) is 5.64. The molecule has 0 aliphatic carbocycles. The van der Waals surface area contributed by atoms with Gasteiger partial charge in [-0.15, -0.1) is 0 Å². The molecule has 0 aliphatic heterocycles. The van der Waals surface area contributed by atoms with Crippen molar-refractivity contribution in [2.75, 3.05) is 20.8 Å². The monoisotopic (exact) mass is 447 g/mol. The first-order chi connectivity index (χ1) is 13.6. The van der Waals surface area contributed by atoms with Gasteiger partial charge in [0, 0.05) is 28.2 Å². The highest BCUT2D eigenvalue weighted by Gasteiger charge is 2.11. The van der Waals surface area contributed by atoms with Crippen LogP contribution in [0.3, 0.4) is 0 Å². The SMILES string of the molecule is COc1cc(OC)cc(OCC(=O)NCc2nc(-c3cccc(Br)c3)no2)c1. The van der Waals surface area contributed by atoms with Crippen molar-refractivity contribution >= 4 is 21.8 Å². The largest absolute Gasteiger partial charge is 0.496 e. The summed E-state index contributed by atoms with van der Waals surface area (Å²) < 4.78 is 21.9. The minimum absolute atomic E-state index is 0.102. The van der Waals surface area contributed by atoms with Gasteiger partial charge in [0.25, 0.3) is 5.91 Å². The highest BCUT2D eigenvalue weighted by atomic mass is 79.9. The van der Waals surface area contributed by atoms with Gasteiger partial charge in [-0.05, 0) is 12.1 Å². The number of carbonyl (C=O) groups excluding carboxylic acids is 1. The van der Waals surface area contributed by atoms with Gasteiger partial charge in [0.2, 0.25) is 11.7 Å². The van der Waals surface area contributed by atoms with E-state index < -0.39 is 0 Å². The van der Waals surface area contributed by atoms with Crippen LogP contribution < -0.4 is 19.5 Å². The van der Waals surface area contributed by atoms with E-state index in [2.05, 4.69) is 31.4 Å². The van der Waals surface area contributed by atoms with Crippen molar-refractivity contribution < 1.29 is 23.5 Å². The fourth-order valence-electron chi connectivity index (χ4n) is 2.31. The predicted octanol–water partition coefficient (Wildman–Crippen LogP) is 3.21. The summed E-state index contributed by atoms with van der Waals surface area (Å²) in [5.74, 6) is 2.02. The Morgan fingerprint density at radius 3 is 2.50 bits per heavy atom. The molecule has 0 saturated heterocycles. The molecule has 8 nitrogen and oxygen atoms in total. The average molecular weight is 448 g/mol. The molecule has 3 aromatic rings. The fourth-order valence-corrected chi connectivity index (χ4v) is 2.71. The quantitative estimate of drug-likeness (QED) is 0.566. The number of amides is 1. The second-order valence-corrected chi connectivity index (χ2v) is 6.55. The van der Waals surface area contributed by atoms with Crippen molar-refractivity contribution in [3.05, 3.63) is 52.8 Å². The van der Waals surface area contributed by atoms with E-state index in [1.165, 1.54) is 14.2 Å². The van der Waals surface area contributed by atoms with Crippen molar-refractivity contribution in [2.24, 2.45) is 0 Å². The number of aromatic nitrogens is 2. The molecule has 0 radical (unpaired) electrons. The molecule has 0 aliphatic rings. The molecule has 1 amide bonds. The molecule has 146 valence electrons. The Balaban J connectivity index is 1.52. The van der Waals surface area contributed by atoms with E-state index in [9.17, 15) is 4.79 Å². The molecule has 0 spiro atoms. The summed E-state index contributed by atoms with van der Waals surface area (Å²) in [7, 11) is 3.08. The number of halogens is 1. The topological polar surface area (TPSA) is 95.7 Å². The zero-order valence-electron chi connectivity index (χ0n) is 15.3. The molecular formula is C19H18BrN3O5. The maximum Gasteiger partial charge on any atom is 0.258 e. The fraction of sp³-hybridized carbons (Fsp3) is 0.211. The van der Waals surface area contributed by atoms with Gasteiger partial charge >= 0.3 is 0 Å². The van der Waals surface area contributed by atoms with Crippen LogP contribution >= 0.6 is 15.9 Å². The third-order valence-corrected chi connectivity index (χ3v) is 4.18. The third kappa shape index (κ3) is 5.23. The van der Waals surface area contributed by atoms with Crippen LogP contribution in [0.4, 0.5) is 0 Å². The van der Waals surface area contributed by atoms with Crippen LogP contribution in [-0.2, 0) is 11.3 Å². The molecule has 0 saturated carbocycles. The Labute approximate surface area is 169 Å². The lowest BCUT2D eigenvalue weighted by molar-refractivity contribution is -0.123. The maximum atomic E-state index is 12.0. The number of nitrogens with zero attached hydrogens (tertiary/aromatic N) is 2. The minimum Gasteiger partial charge on any atom is -0.496 e. The van der Waals surface area contributed by atoms with Crippen LogP contribution in [0.25, 0.3) is 11.4 Å². The number of methoxy groups -OCH3 is 2. The lowest BCUT2D eigenvalue weighted by atomic mass is 10.2. The van der Waals surface area contributed by atoms with Crippen LogP contribution in [-0.4, -0.2) is 36.9 Å². The summed E-state index contributed by atoms with van der Waals surface area (Å²) in [4.78, 5) is 16.3. The van der Waals surface area contributed by atoms with Crippen molar-refractivity contribution in [3.8, 4) is 28.6 Å². The molecule has 2 aromatic carbocycles. The normalized spacial score (nSPS) is 10.4. The van der Waals surface area contributed by atoms with Crippen molar-refractivity contribution in [2.45, 2.75) is 6.54 Å². The molecular weight excluding hydrogens is 430 g/mol. The smallest absolute Gasteiger partial charge is 0.258 e. The van der Waals surface area contributed by atoms with Gasteiger partial charge in [0.05, 0.1) is 20.8 Å². The molecule has 1 N–H and O–H groups in total. The summed E-state index contributed by atoms with van der Waals surface area (Å²) in [6.07, 6.45) is 0. The van der Waals surface area contributed by atoms with Gasteiger partial charge in [-0.3, -0.25) is 4.79 Å². The summed E-state index contributed by atoms with van der Waals surface area (Å²) in [5.41, 5.74) is 0.811. The second kappa shape index (κ2) is 9.23. The summed E-state index contributed by atoms with van der Waals surface area (Å²) >= 11 is 3.40. The van der Waals surface area contributed by atoms with Gasteiger partial charge in [-0.1, -0.05) is 33.2 Å². The van der Waals surface area contributed by atoms with E-state index in [4.69, 9.17) is 18.7 Å². The Morgan fingerprint density at radius 2 is 1.82 bits per heavy atom. The highest BCUT2D eigenvalue weighted by molar-refractivity contribution is 9.10. The number of hydrogen-bond donors (Lipinski definition) is 1. The Bertz CT molecular complexity index is 938. The molecule has 0 fully saturated rings. The summed E-state index contributed by atoms with van der Waals surface area (Å²) in [6.45, 7) is -0.0758. The van der Waals surface area contributed by atoms with Gasteiger partial charge in [0.1, 0.15) is 17.2 Å². The first kappa shape index (κ1) is 19.7. The first-order valence-electron chi connectivity index (χ1n) is 8.28. The molecule has 0 atom stereocenters. The Kier molecular flexibility index (Phi) is 6.49. The lowest BCUT2D eigenvalue weighted by Crippen LogP contribution is -2.28. The van der Waals surface area contributed by atoms with Gasteiger partial charge in [-0.2, -0.15) is 4.98 Å². The number of rotatable bonds is 8. The van der Waals surface area contributed by atoms with E-state index >= 15 is 0 Å². The number of hydrogen-bond acceptors (Lipinski definition) is 7. The van der Waals surface area contributed by atoms with Crippen molar-refractivity contribution in [1.29, 1.82) is 0 Å².